The summed E-state index contributed by atoms with van der Waals surface area (Å²) in [5, 5.41) is 0. The number of fused-ring (bicyclic) bond motifs is 1. The second kappa shape index (κ2) is 4.91. The molecule has 72 valence electrons. The van der Waals surface area contributed by atoms with E-state index in [0.717, 1.165) is 16.7 Å². The first-order valence-electron chi connectivity index (χ1n) is 3.30. The molecule has 0 unspecified atom stereocenters. The number of imidazole rings is 1. The Balaban J connectivity index is 0.000000720. The van der Waals surface area contributed by atoms with Gasteiger partial charge in [-0.15, -0.1) is 24.8 Å². The van der Waals surface area contributed by atoms with Crippen LogP contribution >= 0.6 is 24.8 Å². The fourth-order valence-electron chi connectivity index (χ4n) is 1.03. The molecule has 4 N–H and O–H groups in total. The zero-order valence-corrected chi connectivity index (χ0v) is 8.28. The number of nitrogens with one attached hydrogen (secondary N) is 2. The van der Waals surface area contributed by atoms with Crippen molar-refractivity contribution in [1.82, 2.24) is 9.97 Å². The molecule has 1 aromatic heterocycles. The van der Waals surface area contributed by atoms with Crippen molar-refractivity contribution in [3.8, 4) is 0 Å². The summed E-state index contributed by atoms with van der Waals surface area (Å²) in [6.45, 7) is 0. The van der Waals surface area contributed by atoms with Crippen LogP contribution in [0.2, 0.25) is 0 Å². The Morgan fingerprint density at radius 1 is 1.31 bits per heavy atom. The van der Waals surface area contributed by atoms with Gasteiger partial charge in [0.25, 0.3) is 0 Å². The van der Waals surface area contributed by atoms with Gasteiger partial charge in [0.05, 0.1) is 23.0 Å². The average molecular weight is 221 g/mol. The minimum absolute atomic E-state index is 0. The molecule has 0 atom stereocenters. The van der Waals surface area contributed by atoms with E-state index in [4.69, 9.17) is 5.84 Å². The third-order valence-corrected chi connectivity index (χ3v) is 1.59. The summed E-state index contributed by atoms with van der Waals surface area (Å²) in [5.74, 6) is 5.23. The van der Waals surface area contributed by atoms with Crippen LogP contribution in [0, 0.1) is 0 Å². The van der Waals surface area contributed by atoms with E-state index in [1.807, 2.05) is 18.2 Å². The van der Waals surface area contributed by atoms with Crippen LogP contribution in [0.3, 0.4) is 0 Å². The van der Waals surface area contributed by atoms with Crippen LogP contribution in [0.1, 0.15) is 0 Å². The summed E-state index contributed by atoms with van der Waals surface area (Å²) >= 11 is 0. The van der Waals surface area contributed by atoms with Crippen molar-refractivity contribution in [2.75, 3.05) is 5.43 Å². The Kier molecular flexibility index (Phi) is 4.55. The standard InChI is InChI=1S/C7H8N4.2ClH/c8-11-5-1-2-6-7(3-5)10-4-9-6;;/h1-4,11H,8H2,(H,9,10);2*1H. The molecule has 0 spiro atoms. The quantitative estimate of drug-likeness (QED) is 0.507. The number of aromatic nitrogens is 2. The molecule has 2 rings (SSSR count). The fourth-order valence-corrected chi connectivity index (χ4v) is 1.03. The molecule has 0 aliphatic heterocycles. The van der Waals surface area contributed by atoms with Crippen molar-refractivity contribution in [2.45, 2.75) is 0 Å². The SMILES string of the molecule is Cl.Cl.NNc1ccc2nc[nH]c2c1. The van der Waals surface area contributed by atoms with Crippen LogP contribution in [0.4, 0.5) is 5.69 Å². The highest BCUT2D eigenvalue weighted by molar-refractivity contribution is 5.85. The zero-order chi connectivity index (χ0) is 7.68. The van der Waals surface area contributed by atoms with Gasteiger partial charge in [0, 0.05) is 0 Å². The molecule has 0 saturated heterocycles. The molecule has 0 aliphatic carbocycles. The maximum atomic E-state index is 5.23. The van der Waals surface area contributed by atoms with E-state index >= 15 is 0 Å². The lowest BCUT2D eigenvalue weighted by Crippen LogP contribution is -2.05. The molecule has 0 saturated carbocycles. The normalized spacial score (nSPS) is 8.69. The maximum Gasteiger partial charge on any atom is 0.0931 e. The number of H-pyrrole nitrogens is 1. The molecule has 0 bridgehead atoms. The molecule has 0 aliphatic rings. The number of aromatic amines is 1. The number of hydrazine groups is 1. The van der Waals surface area contributed by atoms with Gasteiger partial charge in [0.1, 0.15) is 0 Å². The van der Waals surface area contributed by atoms with E-state index in [0.29, 0.717) is 0 Å². The van der Waals surface area contributed by atoms with Crippen molar-refractivity contribution in [3.63, 3.8) is 0 Å². The van der Waals surface area contributed by atoms with E-state index in [9.17, 15) is 0 Å². The topological polar surface area (TPSA) is 66.7 Å². The van der Waals surface area contributed by atoms with Gasteiger partial charge in [-0.2, -0.15) is 0 Å². The Morgan fingerprint density at radius 3 is 2.77 bits per heavy atom. The highest BCUT2D eigenvalue weighted by atomic mass is 35.5. The van der Waals surface area contributed by atoms with Gasteiger partial charge in [-0.05, 0) is 18.2 Å². The fraction of sp³-hybridized carbons (Fsp3) is 0. The van der Waals surface area contributed by atoms with Gasteiger partial charge < -0.3 is 10.4 Å². The summed E-state index contributed by atoms with van der Waals surface area (Å²) < 4.78 is 0. The molecule has 13 heavy (non-hydrogen) atoms. The Morgan fingerprint density at radius 2 is 2.08 bits per heavy atom. The average Bonchev–Trinajstić information content (AvgIpc) is 2.50. The van der Waals surface area contributed by atoms with Gasteiger partial charge >= 0.3 is 0 Å². The molecule has 4 nitrogen and oxygen atoms in total. The molecule has 0 fully saturated rings. The molecule has 0 radical (unpaired) electrons. The lowest BCUT2D eigenvalue weighted by atomic mass is 10.3. The smallest absolute Gasteiger partial charge is 0.0931 e. The zero-order valence-electron chi connectivity index (χ0n) is 6.65. The number of benzene rings is 1. The van der Waals surface area contributed by atoms with Crippen molar-refractivity contribution in [3.05, 3.63) is 24.5 Å². The predicted molar refractivity (Wildman–Crippen MR) is 58.4 cm³/mol. The summed E-state index contributed by atoms with van der Waals surface area (Å²) in [4.78, 5) is 7.06. The number of rotatable bonds is 1. The van der Waals surface area contributed by atoms with Crippen LogP contribution in [0.5, 0.6) is 0 Å². The van der Waals surface area contributed by atoms with Gasteiger partial charge in [-0.25, -0.2) is 4.98 Å². The van der Waals surface area contributed by atoms with E-state index in [-0.39, 0.29) is 24.8 Å². The maximum absolute atomic E-state index is 5.23. The number of nitrogens with two attached hydrogens (primary N) is 1. The molecule has 0 amide bonds. The predicted octanol–water partition coefficient (Wildman–Crippen LogP) is 1.69. The number of hydrogen-bond donors (Lipinski definition) is 3. The second-order valence-corrected chi connectivity index (χ2v) is 2.28. The van der Waals surface area contributed by atoms with E-state index in [1.54, 1.807) is 6.33 Å². The van der Waals surface area contributed by atoms with Gasteiger partial charge in [0.2, 0.25) is 0 Å². The lowest BCUT2D eigenvalue weighted by Gasteiger charge is -1.96. The van der Waals surface area contributed by atoms with Crippen LogP contribution in [0.15, 0.2) is 24.5 Å². The van der Waals surface area contributed by atoms with E-state index < -0.39 is 0 Å². The Labute approximate surface area is 87.7 Å². The number of halogens is 2. The highest BCUT2D eigenvalue weighted by Crippen LogP contribution is 2.13. The summed E-state index contributed by atoms with van der Waals surface area (Å²) in [6, 6.07) is 5.69. The largest absolute Gasteiger partial charge is 0.345 e. The summed E-state index contributed by atoms with van der Waals surface area (Å²) in [5.41, 5.74) is 5.37. The van der Waals surface area contributed by atoms with E-state index in [1.165, 1.54) is 0 Å². The van der Waals surface area contributed by atoms with Gasteiger partial charge in [0.15, 0.2) is 0 Å². The van der Waals surface area contributed by atoms with Gasteiger partial charge in [-0.1, -0.05) is 0 Å². The summed E-state index contributed by atoms with van der Waals surface area (Å²) in [7, 11) is 0. The molecular weight excluding hydrogens is 211 g/mol. The molecule has 1 heterocycles. The first kappa shape index (κ1) is 12.0. The monoisotopic (exact) mass is 220 g/mol. The first-order valence-corrected chi connectivity index (χ1v) is 3.30. The third kappa shape index (κ3) is 2.24. The van der Waals surface area contributed by atoms with Crippen LogP contribution in [-0.4, -0.2) is 9.97 Å². The van der Waals surface area contributed by atoms with Crippen LogP contribution < -0.4 is 11.3 Å². The first-order chi connectivity index (χ1) is 5.40. The van der Waals surface area contributed by atoms with Crippen LogP contribution in [0.25, 0.3) is 11.0 Å². The van der Waals surface area contributed by atoms with Gasteiger partial charge in [-0.3, -0.25) is 5.84 Å². The highest BCUT2D eigenvalue weighted by Gasteiger charge is 1.94. The number of nitrogen functional groups attached to an aromatic ring is 1. The number of hydrogen-bond acceptors (Lipinski definition) is 3. The summed E-state index contributed by atoms with van der Waals surface area (Å²) in [6.07, 6.45) is 1.66. The Bertz CT molecular complexity index is 373. The minimum atomic E-state index is 0. The molecular formula is C7H10Cl2N4. The van der Waals surface area contributed by atoms with Crippen molar-refractivity contribution in [2.24, 2.45) is 5.84 Å². The number of anilines is 1. The van der Waals surface area contributed by atoms with Crippen LogP contribution in [-0.2, 0) is 0 Å². The Hall–Kier alpha value is -0.970. The van der Waals surface area contributed by atoms with Crippen molar-refractivity contribution >= 4 is 41.5 Å². The second-order valence-electron chi connectivity index (χ2n) is 2.28. The van der Waals surface area contributed by atoms with E-state index in [2.05, 4.69) is 15.4 Å². The minimum Gasteiger partial charge on any atom is -0.345 e. The van der Waals surface area contributed by atoms with Crippen molar-refractivity contribution < 1.29 is 0 Å². The number of nitrogens with zero attached hydrogens (tertiary/aromatic N) is 1. The lowest BCUT2D eigenvalue weighted by molar-refractivity contribution is 1.34. The molecule has 6 heteroatoms. The molecule has 2 aromatic rings. The van der Waals surface area contributed by atoms with Crippen molar-refractivity contribution in [1.29, 1.82) is 0 Å². The molecule has 1 aromatic carbocycles. The third-order valence-electron chi connectivity index (χ3n) is 1.59.